The Morgan fingerprint density at radius 2 is 1.64 bits per heavy atom. The maximum absolute atomic E-state index is 12.9. The SMILES string of the molecule is COc1cc(NC(=O)COC(=O)c2cc(S(=O)(=O)N3CCCCC3)ccc2Cl)cc(OC)c1. The minimum absolute atomic E-state index is 0.0236. The molecule has 2 aromatic carbocycles. The summed E-state index contributed by atoms with van der Waals surface area (Å²) in [5.74, 6) is -0.568. The zero-order valence-electron chi connectivity index (χ0n) is 18.3. The van der Waals surface area contributed by atoms with Gasteiger partial charge in [0.25, 0.3) is 5.91 Å². The number of nitrogens with one attached hydrogen (secondary N) is 1. The number of hydrogen-bond donors (Lipinski definition) is 1. The van der Waals surface area contributed by atoms with Crippen molar-refractivity contribution in [1.82, 2.24) is 4.31 Å². The van der Waals surface area contributed by atoms with E-state index in [1.54, 1.807) is 18.2 Å². The van der Waals surface area contributed by atoms with Crippen molar-refractivity contribution in [3.8, 4) is 11.5 Å². The number of carbonyl (C=O) groups excluding carboxylic acids is 2. The molecule has 1 fully saturated rings. The Labute approximate surface area is 197 Å². The van der Waals surface area contributed by atoms with Crippen LogP contribution >= 0.6 is 11.6 Å². The molecule has 0 radical (unpaired) electrons. The molecule has 1 N–H and O–H groups in total. The minimum atomic E-state index is -3.76. The molecule has 0 aliphatic carbocycles. The highest BCUT2D eigenvalue weighted by Gasteiger charge is 2.27. The standard InChI is InChI=1S/C22H25ClN2O7S/c1-30-16-10-15(11-17(12-16)31-2)24-21(26)14-32-22(27)19-13-18(6-7-20(19)23)33(28,29)25-8-4-3-5-9-25/h6-7,10-13H,3-5,8-9,14H2,1-2H3,(H,24,26). The quantitative estimate of drug-likeness (QED) is 0.558. The topological polar surface area (TPSA) is 111 Å². The van der Waals surface area contributed by atoms with E-state index < -0.39 is 28.5 Å². The van der Waals surface area contributed by atoms with Crippen LogP contribution in [-0.2, 0) is 19.6 Å². The molecule has 0 spiro atoms. The van der Waals surface area contributed by atoms with Crippen LogP contribution in [0.25, 0.3) is 0 Å². The molecule has 1 heterocycles. The maximum Gasteiger partial charge on any atom is 0.340 e. The second-order valence-electron chi connectivity index (χ2n) is 7.33. The van der Waals surface area contributed by atoms with Crippen molar-refractivity contribution in [3.63, 3.8) is 0 Å². The molecule has 3 rings (SSSR count). The van der Waals surface area contributed by atoms with Crippen molar-refractivity contribution in [1.29, 1.82) is 0 Å². The molecule has 0 aromatic heterocycles. The minimum Gasteiger partial charge on any atom is -0.497 e. The Morgan fingerprint density at radius 3 is 2.24 bits per heavy atom. The predicted octanol–water partition coefficient (Wildman–Crippen LogP) is 3.33. The lowest BCUT2D eigenvalue weighted by molar-refractivity contribution is -0.119. The van der Waals surface area contributed by atoms with Crippen molar-refractivity contribution < 1.29 is 32.2 Å². The zero-order chi connectivity index (χ0) is 24.0. The summed E-state index contributed by atoms with van der Waals surface area (Å²) in [6.07, 6.45) is 2.56. The number of ether oxygens (including phenoxy) is 3. The monoisotopic (exact) mass is 496 g/mol. The number of methoxy groups -OCH3 is 2. The maximum atomic E-state index is 12.9. The molecule has 1 saturated heterocycles. The van der Waals surface area contributed by atoms with Crippen LogP contribution in [0.1, 0.15) is 29.6 Å². The second-order valence-corrected chi connectivity index (χ2v) is 9.68. The first kappa shape index (κ1) is 24.8. The molecule has 9 nitrogen and oxygen atoms in total. The first-order chi connectivity index (χ1) is 15.7. The van der Waals surface area contributed by atoms with E-state index in [0.29, 0.717) is 30.3 Å². The van der Waals surface area contributed by atoms with E-state index in [-0.39, 0.29) is 15.5 Å². The fourth-order valence-electron chi connectivity index (χ4n) is 3.36. The Bertz CT molecular complexity index is 1110. The van der Waals surface area contributed by atoms with Gasteiger partial charge in [0.15, 0.2) is 6.61 Å². The highest BCUT2D eigenvalue weighted by molar-refractivity contribution is 7.89. The number of nitrogens with zero attached hydrogens (tertiary/aromatic N) is 1. The summed E-state index contributed by atoms with van der Waals surface area (Å²) in [6.45, 7) is 0.262. The Kier molecular flexibility index (Phi) is 8.17. The number of esters is 1. The fourth-order valence-corrected chi connectivity index (χ4v) is 5.10. The Morgan fingerprint density at radius 1 is 1.00 bits per heavy atom. The highest BCUT2D eigenvalue weighted by atomic mass is 35.5. The van der Waals surface area contributed by atoms with Gasteiger partial charge in [-0.2, -0.15) is 4.31 Å². The second kappa shape index (κ2) is 10.9. The molecule has 1 aliphatic heterocycles. The van der Waals surface area contributed by atoms with Gasteiger partial charge < -0.3 is 19.5 Å². The van der Waals surface area contributed by atoms with Gasteiger partial charge in [0, 0.05) is 37.0 Å². The first-order valence-electron chi connectivity index (χ1n) is 10.2. The molecule has 0 atom stereocenters. The molecule has 0 saturated carbocycles. The molecule has 11 heteroatoms. The number of rotatable bonds is 8. The van der Waals surface area contributed by atoms with Gasteiger partial charge in [-0.05, 0) is 31.0 Å². The number of carbonyl (C=O) groups is 2. The Balaban J connectivity index is 1.68. The van der Waals surface area contributed by atoms with E-state index in [1.165, 1.54) is 36.7 Å². The van der Waals surface area contributed by atoms with Gasteiger partial charge in [-0.25, -0.2) is 13.2 Å². The van der Waals surface area contributed by atoms with Crippen LogP contribution in [0.2, 0.25) is 5.02 Å². The fraction of sp³-hybridized carbons (Fsp3) is 0.364. The molecule has 1 amide bonds. The number of benzene rings is 2. The lowest BCUT2D eigenvalue weighted by Gasteiger charge is -2.26. The average Bonchev–Trinajstić information content (AvgIpc) is 2.82. The summed E-state index contributed by atoms with van der Waals surface area (Å²) in [4.78, 5) is 24.8. The van der Waals surface area contributed by atoms with Gasteiger partial charge in [0.1, 0.15) is 11.5 Å². The van der Waals surface area contributed by atoms with Crippen LogP contribution in [-0.4, -0.2) is 58.5 Å². The molecular weight excluding hydrogens is 472 g/mol. The normalized spacial score (nSPS) is 14.4. The van der Waals surface area contributed by atoms with Gasteiger partial charge in [0.2, 0.25) is 10.0 Å². The third-order valence-electron chi connectivity index (χ3n) is 5.08. The van der Waals surface area contributed by atoms with E-state index in [2.05, 4.69) is 5.32 Å². The van der Waals surface area contributed by atoms with Crippen LogP contribution < -0.4 is 14.8 Å². The van der Waals surface area contributed by atoms with E-state index in [9.17, 15) is 18.0 Å². The molecule has 0 unspecified atom stereocenters. The number of amides is 1. The van der Waals surface area contributed by atoms with Crippen molar-refractivity contribution in [2.24, 2.45) is 0 Å². The number of hydrogen-bond acceptors (Lipinski definition) is 7. The molecule has 0 bridgehead atoms. The lowest BCUT2D eigenvalue weighted by Crippen LogP contribution is -2.35. The van der Waals surface area contributed by atoms with Gasteiger partial charge in [0.05, 0.1) is 29.7 Å². The van der Waals surface area contributed by atoms with Gasteiger partial charge in [-0.1, -0.05) is 18.0 Å². The molecule has 33 heavy (non-hydrogen) atoms. The van der Waals surface area contributed by atoms with E-state index in [4.69, 9.17) is 25.8 Å². The third-order valence-corrected chi connectivity index (χ3v) is 7.30. The molecule has 1 aliphatic rings. The van der Waals surface area contributed by atoms with Gasteiger partial charge in [-0.3, -0.25) is 4.79 Å². The smallest absolute Gasteiger partial charge is 0.340 e. The number of sulfonamides is 1. The number of piperidine rings is 1. The van der Waals surface area contributed by atoms with E-state index in [0.717, 1.165) is 19.3 Å². The number of anilines is 1. The summed E-state index contributed by atoms with van der Waals surface area (Å²) in [5, 5.41) is 2.60. The summed E-state index contributed by atoms with van der Waals surface area (Å²) in [7, 11) is -0.801. The van der Waals surface area contributed by atoms with Crippen LogP contribution in [0.4, 0.5) is 5.69 Å². The van der Waals surface area contributed by atoms with Gasteiger partial charge >= 0.3 is 5.97 Å². The molecular formula is C22H25ClN2O7S. The van der Waals surface area contributed by atoms with E-state index >= 15 is 0 Å². The zero-order valence-corrected chi connectivity index (χ0v) is 19.9. The summed E-state index contributed by atoms with van der Waals surface area (Å²) in [5.41, 5.74) is 0.255. The molecule has 178 valence electrons. The summed E-state index contributed by atoms with van der Waals surface area (Å²) < 4.78 is 42.5. The Hall–Kier alpha value is -2.82. The summed E-state index contributed by atoms with van der Waals surface area (Å²) >= 11 is 6.10. The largest absolute Gasteiger partial charge is 0.497 e. The summed E-state index contributed by atoms with van der Waals surface area (Å²) in [6, 6.07) is 8.66. The first-order valence-corrected chi connectivity index (χ1v) is 12.1. The van der Waals surface area contributed by atoms with Crippen LogP contribution in [0.5, 0.6) is 11.5 Å². The van der Waals surface area contributed by atoms with Gasteiger partial charge in [-0.15, -0.1) is 0 Å². The van der Waals surface area contributed by atoms with Crippen molar-refractivity contribution in [3.05, 3.63) is 47.0 Å². The van der Waals surface area contributed by atoms with Crippen molar-refractivity contribution in [2.45, 2.75) is 24.2 Å². The predicted molar refractivity (Wildman–Crippen MR) is 123 cm³/mol. The highest BCUT2D eigenvalue weighted by Crippen LogP contribution is 2.27. The van der Waals surface area contributed by atoms with Crippen LogP contribution in [0.3, 0.4) is 0 Å². The lowest BCUT2D eigenvalue weighted by atomic mass is 10.2. The van der Waals surface area contributed by atoms with Crippen LogP contribution in [0.15, 0.2) is 41.3 Å². The van der Waals surface area contributed by atoms with Crippen molar-refractivity contribution >= 4 is 39.2 Å². The van der Waals surface area contributed by atoms with Crippen molar-refractivity contribution in [2.75, 3.05) is 39.2 Å². The van der Waals surface area contributed by atoms with E-state index in [1.807, 2.05) is 0 Å². The van der Waals surface area contributed by atoms with Crippen LogP contribution in [0, 0.1) is 0 Å². The molecule has 2 aromatic rings. The third kappa shape index (κ3) is 6.16. The number of halogens is 1. The average molecular weight is 497 g/mol.